The predicted octanol–water partition coefficient (Wildman–Crippen LogP) is 5.78. The summed E-state index contributed by atoms with van der Waals surface area (Å²) in [5.74, 6) is 1.77. The maximum absolute atomic E-state index is 13.8. The van der Waals surface area contributed by atoms with E-state index in [0.29, 0.717) is 46.4 Å². The molecule has 206 valence electrons. The molecule has 0 amide bonds. The van der Waals surface area contributed by atoms with E-state index in [1.165, 1.54) is 16.7 Å². The first-order valence-electron chi connectivity index (χ1n) is 13.9. The third-order valence-corrected chi connectivity index (χ3v) is 7.64. The summed E-state index contributed by atoms with van der Waals surface area (Å²) in [6.45, 7) is 9.19. The fraction of sp³-hybridized carbons (Fsp3) is 0.312. The van der Waals surface area contributed by atoms with E-state index in [-0.39, 0.29) is 5.56 Å². The molecule has 1 aliphatic carbocycles. The van der Waals surface area contributed by atoms with Crippen molar-refractivity contribution in [1.82, 2.24) is 20.0 Å². The SMILES string of the molecule is CCC1=CC(CNC2=C(CC)CC=c3cc(-c4ccc(-c5noc(C)n5)cc4Cl)c(=O)n(CC)c3=N2)=CC=CC1. The van der Waals surface area contributed by atoms with E-state index in [0.717, 1.165) is 42.3 Å². The second kappa shape index (κ2) is 12.0. The van der Waals surface area contributed by atoms with Crippen LogP contribution in [0.25, 0.3) is 28.6 Å². The second-order valence-corrected chi connectivity index (χ2v) is 10.3. The summed E-state index contributed by atoms with van der Waals surface area (Å²) in [5.41, 5.74) is 6.29. The van der Waals surface area contributed by atoms with Gasteiger partial charge in [-0.2, -0.15) is 4.98 Å². The minimum atomic E-state index is -0.130. The number of hydrogen-bond donors (Lipinski definition) is 1. The molecule has 1 aromatic carbocycles. The molecule has 2 aliphatic rings. The molecule has 7 nitrogen and oxygen atoms in total. The van der Waals surface area contributed by atoms with Crippen LogP contribution in [0.2, 0.25) is 5.02 Å². The van der Waals surface area contributed by atoms with E-state index in [4.69, 9.17) is 21.1 Å². The summed E-state index contributed by atoms with van der Waals surface area (Å²) in [4.78, 5) is 23.1. The molecule has 0 saturated heterocycles. The maximum Gasteiger partial charge on any atom is 0.260 e. The van der Waals surface area contributed by atoms with Crippen LogP contribution in [0.1, 0.15) is 52.3 Å². The molecule has 40 heavy (non-hydrogen) atoms. The Bertz CT molecular complexity index is 1750. The average molecular weight is 556 g/mol. The fourth-order valence-electron chi connectivity index (χ4n) is 5.04. The average Bonchev–Trinajstić information content (AvgIpc) is 3.16. The van der Waals surface area contributed by atoms with Crippen LogP contribution in [-0.2, 0) is 6.54 Å². The van der Waals surface area contributed by atoms with Gasteiger partial charge in [-0.3, -0.25) is 9.36 Å². The standard InChI is InChI=1S/C32H34ClN5O2/c1-5-21-10-8-9-11-22(16-21)19-34-29-23(6-2)12-13-25-17-27(32(39)38(7-3)31(25)36-29)26-15-14-24(18-28(26)33)30-35-20(4)40-37-30/h8-9,11,13-18,34H,5-7,10,12,19H2,1-4H3. The lowest BCUT2D eigenvalue weighted by Crippen LogP contribution is -2.44. The lowest BCUT2D eigenvalue weighted by Gasteiger charge is -2.13. The Balaban J connectivity index is 1.54. The maximum atomic E-state index is 13.8. The molecule has 5 rings (SSSR count). The van der Waals surface area contributed by atoms with Crippen molar-refractivity contribution in [3.05, 3.63) is 103 Å². The van der Waals surface area contributed by atoms with Crippen LogP contribution in [-0.4, -0.2) is 21.3 Å². The number of rotatable bonds is 8. The van der Waals surface area contributed by atoms with Gasteiger partial charge < -0.3 is 9.84 Å². The molecule has 2 aromatic heterocycles. The van der Waals surface area contributed by atoms with Crippen LogP contribution in [0.3, 0.4) is 0 Å². The highest BCUT2D eigenvalue weighted by molar-refractivity contribution is 6.33. The van der Waals surface area contributed by atoms with Crippen LogP contribution in [0.4, 0.5) is 0 Å². The topological polar surface area (TPSA) is 85.3 Å². The van der Waals surface area contributed by atoms with Crippen LogP contribution < -0.4 is 21.6 Å². The minimum absolute atomic E-state index is 0.130. The summed E-state index contributed by atoms with van der Waals surface area (Å²) in [6.07, 6.45) is 14.5. The Morgan fingerprint density at radius 3 is 2.65 bits per heavy atom. The van der Waals surface area contributed by atoms with Crippen molar-refractivity contribution in [2.75, 3.05) is 6.54 Å². The van der Waals surface area contributed by atoms with Crippen LogP contribution >= 0.6 is 11.6 Å². The van der Waals surface area contributed by atoms with E-state index in [1.807, 2.05) is 25.1 Å². The van der Waals surface area contributed by atoms with Crippen molar-refractivity contribution in [3.8, 4) is 22.5 Å². The number of halogens is 1. The number of hydrogen-bond acceptors (Lipinski definition) is 6. The zero-order chi connectivity index (χ0) is 28.2. The molecule has 0 radical (unpaired) electrons. The first-order chi connectivity index (χ1) is 19.4. The molecule has 1 aliphatic heterocycles. The van der Waals surface area contributed by atoms with Crippen LogP contribution in [0, 0.1) is 6.92 Å². The number of aromatic nitrogens is 3. The quantitative estimate of drug-likeness (QED) is 0.380. The smallest absolute Gasteiger partial charge is 0.260 e. The number of nitrogens with zero attached hydrogens (tertiary/aromatic N) is 4. The monoisotopic (exact) mass is 555 g/mol. The summed E-state index contributed by atoms with van der Waals surface area (Å²) in [6, 6.07) is 7.38. The number of fused-ring (bicyclic) bond motifs is 1. The van der Waals surface area contributed by atoms with Gasteiger partial charge in [0, 0.05) is 46.9 Å². The zero-order valence-corrected chi connectivity index (χ0v) is 24.2. The van der Waals surface area contributed by atoms with E-state index >= 15 is 0 Å². The van der Waals surface area contributed by atoms with Gasteiger partial charge in [0.2, 0.25) is 11.7 Å². The first kappa shape index (κ1) is 27.6. The summed E-state index contributed by atoms with van der Waals surface area (Å²) >= 11 is 6.72. The van der Waals surface area contributed by atoms with E-state index in [9.17, 15) is 4.79 Å². The van der Waals surface area contributed by atoms with Gasteiger partial charge in [-0.15, -0.1) is 0 Å². The third-order valence-electron chi connectivity index (χ3n) is 7.33. The zero-order valence-electron chi connectivity index (χ0n) is 23.4. The highest BCUT2D eigenvalue weighted by Gasteiger charge is 2.17. The van der Waals surface area contributed by atoms with E-state index < -0.39 is 0 Å². The second-order valence-electron chi connectivity index (χ2n) is 9.93. The number of nitrogens with one attached hydrogen (secondary N) is 1. The van der Waals surface area contributed by atoms with Gasteiger partial charge in [0.25, 0.3) is 5.56 Å². The lowest BCUT2D eigenvalue weighted by atomic mass is 10.0. The molecular formula is C32H34ClN5O2. The highest BCUT2D eigenvalue weighted by Crippen LogP contribution is 2.29. The normalized spacial score (nSPS) is 14.9. The van der Waals surface area contributed by atoms with Crippen molar-refractivity contribution >= 4 is 17.7 Å². The molecule has 3 aromatic rings. The fourth-order valence-corrected chi connectivity index (χ4v) is 5.33. The van der Waals surface area contributed by atoms with E-state index in [2.05, 4.69) is 59.7 Å². The number of benzene rings is 1. The van der Waals surface area contributed by atoms with Gasteiger partial charge in [0.05, 0.1) is 0 Å². The molecule has 0 spiro atoms. The van der Waals surface area contributed by atoms with E-state index in [1.54, 1.807) is 17.6 Å². The molecule has 8 heteroatoms. The van der Waals surface area contributed by atoms with Crippen LogP contribution in [0.5, 0.6) is 0 Å². The lowest BCUT2D eigenvalue weighted by molar-refractivity contribution is 0.394. The Hall–Kier alpha value is -3.97. The van der Waals surface area contributed by atoms with Crippen molar-refractivity contribution < 1.29 is 4.52 Å². The Kier molecular flexibility index (Phi) is 8.31. The Morgan fingerprint density at radius 1 is 1.10 bits per heavy atom. The Labute approximate surface area is 239 Å². The van der Waals surface area contributed by atoms with Crippen molar-refractivity contribution in [3.63, 3.8) is 0 Å². The number of pyridine rings is 1. The van der Waals surface area contributed by atoms with Gasteiger partial charge in [-0.25, -0.2) is 4.99 Å². The molecule has 0 fully saturated rings. The van der Waals surface area contributed by atoms with Gasteiger partial charge in [0.15, 0.2) is 0 Å². The van der Waals surface area contributed by atoms with Gasteiger partial charge in [-0.1, -0.05) is 78.7 Å². The summed E-state index contributed by atoms with van der Waals surface area (Å²) in [7, 11) is 0. The molecule has 0 unspecified atom stereocenters. The molecule has 0 saturated carbocycles. The largest absolute Gasteiger partial charge is 0.366 e. The van der Waals surface area contributed by atoms with Crippen LogP contribution in [0.15, 0.2) is 85.4 Å². The summed E-state index contributed by atoms with van der Waals surface area (Å²) < 4.78 is 6.83. The molecule has 0 bridgehead atoms. The molecular weight excluding hydrogens is 522 g/mol. The number of allylic oxidation sites excluding steroid dienone is 5. The summed E-state index contributed by atoms with van der Waals surface area (Å²) in [5, 5.41) is 8.92. The predicted molar refractivity (Wildman–Crippen MR) is 160 cm³/mol. The van der Waals surface area contributed by atoms with Gasteiger partial charge >= 0.3 is 0 Å². The van der Waals surface area contributed by atoms with Gasteiger partial charge in [-0.05, 0) is 55.9 Å². The van der Waals surface area contributed by atoms with Crippen molar-refractivity contribution in [2.45, 2.75) is 59.9 Å². The third kappa shape index (κ3) is 5.65. The minimum Gasteiger partial charge on any atom is -0.366 e. The highest BCUT2D eigenvalue weighted by atomic mass is 35.5. The van der Waals surface area contributed by atoms with Gasteiger partial charge in [0.1, 0.15) is 11.3 Å². The first-order valence-corrected chi connectivity index (χ1v) is 14.2. The Morgan fingerprint density at radius 2 is 1.95 bits per heavy atom. The molecule has 0 atom stereocenters. The van der Waals surface area contributed by atoms with Crippen molar-refractivity contribution in [2.24, 2.45) is 4.99 Å². The molecule has 1 N–H and O–H groups in total. The number of aryl methyl sites for hydroxylation is 1. The molecule has 3 heterocycles. The van der Waals surface area contributed by atoms with Crippen molar-refractivity contribution in [1.29, 1.82) is 0 Å².